The zero-order valence-corrected chi connectivity index (χ0v) is 10.7. The second-order valence-electron chi connectivity index (χ2n) is 5.63. The number of hydrogen-bond donors (Lipinski definition) is 1. The van der Waals surface area contributed by atoms with Gasteiger partial charge in [-0.05, 0) is 57.2 Å². The third-order valence-electron chi connectivity index (χ3n) is 3.75. The average molecular weight is 212 g/mol. The highest BCUT2D eigenvalue weighted by Crippen LogP contribution is 2.31. The van der Waals surface area contributed by atoms with Crippen molar-refractivity contribution in [3.8, 4) is 0 Å². The molecule has 0 amide bonds. The Morgan fingerprint density at radius 2 is 1.93 bits per heavy atom. The zero-order chi connectivity index (χ0) is 11.3. The monoisotopic (exact) mass is 212 g/mol. The number of hydrogen-bond acceptors (Lipinski definition) is 2. The van der Waals surface area contributed by atoms with Crippen molar-refractivity contribution in [3.63, 3.8) is 0 Å². The fraction of sp³-hybridized carbons (Fsp3) is 1.00. The van der Waals surface area contributed by atoms with Crippen LogP contribution in [0.3, 0.4) is 0 Å². The lowest BCUT2D eigenvalue weighted by atomic mass is 9.95. The fourth-order valence-electron chi connectivity index (χ4n) is 2.63. The predicted molar refractivity (Wildman–Crippen MR) is 66.8 cm³/mol. The highest BCUT2D eigenvalue weighted by Gasteiger charge is 2.26. The van der Waals surface area contributed by atoms with Gasteiger partial charge in [-0.25, -0.2) is 0 Å². The van der Waals surface area contributed by atoms with Gasteiger partial charge in [0.1, 0.15) is 0 Å². The summed E-state index contributed by atoms with van der Waals surface area (Å²) in [5.74, 6) is 2.49. The molecule has 0 aromatic rings. The maximum atomic E-state index is 5.80. The standard InChI is InChI=1S/C13H28N2/c1-11(2)7-8-15(3)10-13-6-4-5-12(13)9-14/h11-13H,4-10,14H2,1-3H3. The van der Waals surface area contributed by atoms with Crippen LogP contribution >= 0.6 is 0 Å². The smallest absolute Gasteiger partial charge is 0.000973 e. The molecular formula is C13H28N2. The van der Waals surface area contributed by atoms with Gasteiger partial charge in [-0.1, -0.05) is 20.3 Å². The van der Waals surface area contributed by atoms with Crippen molar-refractivity contribution in [1.82, 2.24) is 4.90 Å². The topological polar surface area (TPSA) is 29.3 Å². The lowest BCUT2D eigenvalue weighted by molar-refractivity contribution is 0.233. The molecule has 2 unspecified atom stereocenters. The van der Waals surface area contributed by atoms with Crippen molar-refractivity contribution in [2.45, 2.75) is 39.5 Å². The molecule has 0 spiro atoms. The summed E-state index contributed by atoms with van der Waals surface area (Å²) in [4.78, 5) is 2.50. The first-order chi connectivity index (χ1) is 7.13. The van der Waals surface area contributed by atoms with Crippen molar-refractivity contribution < 1.29 is 0 Å². The molecule has 2 heteroatoms. The van der Waals surface area contributed by atoms with E-state index < -0.39 is 0 Å². The molecule has 2 nitrogen and oxygen atoms in total. The molecular weight excluding hydrogens is 184 g/mol. The van der Waals surface area contributed by atoms with E-state index in [1.165, 1.54) is 38.8 Å². The van der Waals surface area contributed by atoms with Gasteiger partial charge in [-0.2, -0.15) is 0 Å². The van der Waals surface area contributed by atoms with E-state index in [9.17, 15) is 0 Å². The van der Waals surface area contributed by atoms with Crippen LogP contribution in [-0.4, -0.2) is 31.6 Å². The lowest BCUT2D eigenvalue weighted by Crippen LogP contribution is -2.31. The van der Waals surface area contributed by atoms with Gasteiger partial charge in [0.05, 0.1) is 0 Å². The van der Waals surface area contributed by atoms with Crippen molar-refractivity contribution >= 4 is 0 Å². The molecule has 90 valence electrons. The van der Waals surface area contributed by atoms with Crippen LogP contribution in [0.2, 0.25) is 0 Å². The highest BCUT2D eigenvalue weighted by atomic mass is 15.1. The van der Waals surface area contributed by atoms with Gasteiger partial charge in [0.2, 0.25) is 0 Å². The molecule has 2 atom stereocenters. The molecule has 0 heterocycles. The summed E-state index contributed by atoms with van der Waals surface area (Å²) in [6.07, 6.45) is 5.47. The zero-order valence-electron chi connectivity index (χ0n) is 10.7. The normalized spacial score (nSPS) is 26.8. The Balaban J connectivity index is 2.21. The SMILES string of the molecule is CC(C)CCN(C)CC1CCCC1CN. The van der Waals surface area contributed by atoms with Crippen molar-refractivity contribution in [1.29, 1.82) is 0 Å². The maximum Gasteiger partial charge on any atom is 0.000973 e. The summed E-state index contributed by atoms with van der Waals surface area (Å²) in [6, 6.07) is 0. The van der Waals surface area contributed by atoms with Gasteiger partial charge in [-0.15, -0.1) is 0 Å². The molecule has 0 bridgehead atoms. The summed E-state index contributed by atoms with van der Waals surface area (Å²) in [5.41, 5.74) is 5.80. The fourth-order valence-corrected chi connectivity index (χ4v) is 2.63. The van der Waals surface area contributed by atoms with E-state index in [1.54, 1.807) is 0 Å². The van der Waals surface area contributed by atoms with E-state index in [-0.39, 0.29) is 0 Å². The largest absolute Gasteiger partial charge is 0.330 e. The van der Waals surface area contributed by atoms with Crippen LogP contribution in [0, 0.1) is 17.8 Å². The van der Waals surface area contributed by atoms with Crippen LogP contribution in [-0.2, 0) is 0 Å². The van der Waals surface area contributed by atoms with Crippen molar-refractivity contribution in [2.24, 2.45) is 23.5 Å². The van der Waals surface area contributed by atoms with E-state index in [1.807, 2.05) is 0 Å². The molecule has 1 fully saturated rings. The van der Waals surface area contributed by atoms with Crippen molar-refractivity contribution in [2.75, 3.05) is 26.7 Å². The Morgan fingerprint density at radius 3 is 2.53 bits per heavy atom. The minimum atomic E-state index is 0.798. The number of rotatable bonds is 6. The Labute approximate surface area is 95.2 Å². The van der Waals surface area contributed by atoms with Gasteiger partial charge in [-0.3, -0.25) is 0 Å². The molecule has 15 heavy (non-hydrogen) atoms. The molecule has 0 aromatic heterocycles. The Kier molecular flexibility index (Phi) is 5.62. The van der Waals surface area contributed by atoms with Gasteiger partial charge in [0.15, 0.2) is 0 Å². The van der Waals surface area contributed by atoms with Crippen LogP contribution in [0.15, 0.2) is 0 Å². The lowest BCUT2D eigenvalue weighted by Gasteiger charge is -2.25. The molecule has 1 aliphatic rings. The van der Waals surface area contributed by atoms with Crippen LogP contribution < -0.4 is 5.73 Å². The molecule has 0 aliphatic heterocycles. The summed E-state index contributed by atoms with van der Waals surface area (Å²) in [7, 11) is 2.26. The summed E-state index contributed by atoms with van der Waals surface area (Å²) >= 11 is 0. The Hall–Kier alpha value is -0.0800. The van der Waals surface area contributed by atoms with E-state index in [4.69, 9.17) is 5.73 Å². The second-order valence-corrected chi connectivity index (χ2v) is 5.63. The first-order valence-electron chi connectivity index (χ1n) is 6.52. The molecule has 0 radical (unpaired) electrons. The molecule has 1 aliphatic carbocycles. The predicted octanol–water partition coefficient (Wildman–Crippen LogP) is 2.34. The average Bonchev–Trinajstić information content (AvgIpc) is 2.62. The number of nitrogens with zero attached hydrogens (tertiary/aromatic N) is 1. The van der Waals surface area contributed by atoms with Crippen molar-refractivity contribution in [3.05, 3.63) is 0 Å². The summed E-state index contributed by atoms with van der Waals surface area (Å²) in [5, 5.41) is 0. The van der Waals surface area contributed by atoms with E-state index in [2.05, 4.69) is 25.8 Å². The first kappa shape index (κ1) is 13.0. The Morgan fingerprint density at radius 1 is 1.27 bits per heavy atom. The molecule has 0 saturated heterocycles. The van der Waals surface area contributed by atoms with Crippen LogP contribution in [0.5, 0.6) is 0 Å². The van der Waals surface area contributed by atoms with E-state index >= 15 is 0 Å². The maximum absolute atomic E-state index is 5.80. The number of nitrogens with two attached hydrogens (primary N) is 1. The quantitative estimate of drug-likeness (QED) is 0.732. The molecule has 1 saturated carbocycles. The molecule has 1 rings (SSSR count). The minimum absolute atomic E-state index is 0.798. The Bertz CT molecular complexity index is 168. The molecule has 0 aromatic carbocycles. The molecule has 2 N–H and O–H groups in total. The third kappa shape index (κ3) is 4.52. The van der Waals surface area contributed by atoms with Gasteiger partial charge >= 0.3 is 0 Å². The van der Waals surface area contributed by atoms with Gasteiger partial charge < -0.3 is 10.6 Å². The van der Waals surface area contributed by atoms with Gasteiger partial charge in [0, 0.05) is 6.54 Å². The minimum Gasteiger partial charge on any atom is -0.330 e. The van der Waals surface area contributed by atoms with E-state index in [0.717, 1.165) is 24.3 Å². The summed E-state index contributed by atoms with van der Waals surface area (Å²) in [6.45, 7) is 7.99. The third-order valence-corrected chi connectivity index (χ3v) is 3.75. The van der Waals surface area contributed by atoms with Crippen LogP contribution in [0.25, 0.3) is 0 Å². The second kappa shape index (κ2) is 6.49. The van der Waals surface area contributed by atoms with Crippen LogP contribution in [0.4, 0.5) is 0 Å². The van der Waals surface area contributed by atoms with Crippen LogP contribution in [0.1, 0.15) is 39.5 Å². The first-order valence-corrected chi connectivity index (χ1v) is 6.52. The highest BCUT2D eigenvalue weighted by molar-refractivity contribution is 4.80. The van der Waals surface area contributed by atoms with Gasteiger partial charge in [0.25, 0.3) is 0 Å². The van der Waals surface area contributed by atoms with E-state index in [0.29, 0.717) is 0 Å². The summed E-state index contributed by atoms with van der Waals surface area (Å²) < 4.78 is 0.